The van der Waals surface area contributed by atoms with Crippen LogP contribution in [0.15, 0.2) is 48.5 Å². The lowest BCUT2D eigenvalue weighted by atomic mass is 9.96. The molecule has 2 aromatic rings. The van der Waals surface area contributed by atoms with Crippen LogP contribution in [0.1, 0.15) is 42.9 Å². The minimum atomic E-state index is 0.186. The Kier molecular flexibility index (Phi) is 5.41. The van der Waals surface area contributed by atoms with Gasteiger partial charge in [0.2, 0.25) is 0 Å². The Labute approximate surface area is 142 Å². The molecule has 1 saturated heterocycles. The third-order valence-electron chi connectivity index (χ3n) is 4.37. The van der Waals surface area contributed by atoms with Crippen molar-refractivity contribution in [2.75, 3.05) is 13.1 Å². The number of hydrogen-bond acceptors (Lipinski definition) is 1. The summed E-state index contributed by atoms with van der Waals surface area (Å²) < 4.78 is 0. The number of rotatable bonds is 3. The zero-order valence-corrected chi connectivity index (χ0v) is 14.2. The predicted octanol–water partition coefficient (Wildman–Crippen LogP) is 5.96. The molecular weight excluding hydrogens is 313 g/mol. The highest BCUT2D eigenvalue weighted by atomic mass is 35.5. The van der Waals surface area contributed by atoms with Crippen LogP contribution < -0.4 is 0 Å². The normalized spacial score (nSPS) is 17.9. The van der Waals surface area contributed by atoms with Crippen molar-refractivity contribution in [3.05, 3.63) is 69.7 Å². The summed E-state index contributed by atoms with van der Waals surface area (Å²) >= 11 is 12.7. The van der Waals surface area contributed by atoms with E-state index in [0.717, 1.165) is 23.1 Å². The van der Waals surface area contributed by atoms with Crippen molar-refractivity contribution in [2.45, 2.75) is 31.7 Å². The average Bonchev–Trinajstić information content (AvgIpc) is 2.79. The van der Waals surface area contributed by atoms with Gasteiger partial charge in [-0.1, -0.05) is 66.4 Å². The van der Waals surface area contributed by atoms with E-state index < -0.39 is 0 Å². The van der Waals surface area contributed by atoms with Gasteiger partial charge in [-0.2, -0.15) is 0 Å². The number of nitrogens with zero attached hydrogens (tertiary/aromatic N) is 1. The lowest BCUT2D eigenvalue weighted by Crippen LogP contribution is -2.30. The Balaban J connectivity index is 2.03. The Bertz CT molecular complexity index is 618. The molecule has 1 atom stereocenters. The molecule has 1 fully saturated rings. The Morgan fingerprint density at radius 1 is 0.818 bits per heavy atom. The van der Waals surface area contributed by atoms with Crippen molar-refractivity contribution in [3.8, 4) is 0 Å². The number of likely N-dealkylation sites (tertiary alicyclic amines) is 1. The van der Waals surface area contributed by atoms with Crippen LogP contribution in [0.25, 0.3) is 0 Å². The third kappa shape index (κ3) is 3.65. The molecule has 3 rings (SSSR count). The summed E-state index contributed by atoms with van der Waals surface area (Å²) in [6.07, 6.45) is 5.14. The SMILES string of the molecule is Clc1cccc(C(c2ccccc2Cl)N2CCCCCC2)c1. The van der Waals surface area contributed by atoms with E-state index in [1.165, 1.54) is 36.8 Å². The van der Waals surface area contributed by atoms with Crippen LogP contribution in [-0.4, -0.2) is 18.0 Å². The number of hydrogen-bond donors (Lipinski definition) is 0. The van der Waals surface area contributed by atoms with Gasteiger partial charge in [-0.25, -0.2) is 0 Å². The second-order valence-electron chi connectivity index (χ2n) is 5.93. The van der Waals surface area contributed by atoms with Gasteiger partial charge in [0.15, 0.2) is 0 Å². The van der Waals surface area contributed by atoms with E-state index in [0.29, 0.717) is 0 Å². The monoisotopic (exact) mass is 333 g/mol. The van der Waals surface area contributed by atoms with Crippen LogP contribution >= 0.6 is 23.2 Å². The Hall–Kier alpha value is -1.02. The molecule has 0 N–H and O–H groups in total. The van der Waals surface area contributed by atoms with Crippen molar-refractivity contribution in [1.82, 2.24) is 4.90 Å². The highest BCUT2D eigenvalue weighted by Crippen LogP contribution is 2.35. The van der Waals surface area contributed by atoms with E-state index in [1.807, 2.05) is 24.3 Å². The van der Waals surface area contributed by atoms with E-state index in [4.69, 9.17) is 23.2 Å². The fourth-order valence-corrected chi connectivity index (χ4v) is 3.75. The van der Waals surface area contributed by atoms with Crippen LogP contribution in [0.2, 0.25) is 10.0 Å². The van der Waals surface area contributed by atoms with Gasteiger partial charge in [0.1, 0.15) is 0 Å². The van der Waals surface area contributed by atoms with Crippen LogP contribution in [0.5, 0.6) is 0 Å². The van der Waals surface area contributed by atoms with Gasteiger partial charge < -0.3 is 0 Å². The minimum absolute atomic E-state index is 0.186. The fraction of sp³-hybridized carbons (Fsp3) is 0.368. The van der Waals surface area contributed by atoms with Gasteiger partial charge in [0.05, 0.1) is 6.04 Å². The molecular formula is C19H21Cl2N. The Morgan fingerprint density at radius 2 is 1.55 bits per heavy atom. The summed E-state index contributed by atoms with van der Waals surface area (Å²) in [5.41, 5.74) is 2.40. The van der Waals surface area contributed by atoms with E-state index in [2.05, 4.69) is 29.2 Å². The van der Waals surface area contributed by atoms with Crippen molar-refractivity contribution in [3.63, 3.8) is 0 Å². The fourth-order valence-electron chi connectivity index (χ4n) is 3.31. The summed E-state index contributed by atoms with van der Waals surface area (Å²) in [4.78, 5) is 2.56. The van der Waals surface area contributed by atoms with E-state index >= 15 is 0 Å². The summed E-state index contributed by atoms with van der Waals surface area (Å²) in [5.74, 6) is 0. The van der Waals surface area contributed by atoms with Gasteiger partial charge in [-0.05, 0) is 55.3 Å². The third-order valence-corrected chi connectivity index (χ3v) is 4.95. The maximum absolute atomic E-state index is 6.51. The smallest absolute Gasteiger partial charge is 0.0617 e. The first-order chi connectivity index (χ1) is 10.8. The molecule has 0 spiro atoms. The molecule has 1 unspecified atom stereocenters. The minimum Gasteiger partial charge on any atom is -0.292 e. The number of halogens is 2. The topological polar surface area (TPSA) is 3.24 Å². The average molecular weight is 334 g/mol. The van der Waals surface area contributed by atoms with Crippen LogP contribution in [0.4, 0.5) is 0 Å². The maximum atomic E-state index is 6.51. The molecule has 116 valence electrons. The molecule has 0 aliphatic carbocycles. The standard InChI is InChI=1S/C19H21Cl2N/c20-16-9-7-8-15(14-16)19(17-10-3-4-11-18(17)21)22-12-5-1-2-6-13-22/h3-4,7-11,14,19H,1-2,5-6,12-13H2. The lowest BCUT2D eigenvalue weighted by molar-refractivity contribution is 0.235. The van der Waals surface area contributed by atoms with E-state index in [-0.39, 0.29) is 6.04 Å². The lowest BCUT2D eigenvalue weighted by Gasteiger charge is -2.32. The van der Waals surface area contributed by atoms with E-state index in [9.17, 15) is 0 Å². The van der Waals surface area contributed by atoms with Crippen molar-refractivity contribution < 1.29 is 0 Å². The molecule has 0 aromatic heterocycles. The highest BCUT2D eigenvalue weighted by Gasteiger charge is 2.25. The first-order valence-electron chi connectivity index (χ1n) is 7.99. The van der Waals surface area contributed by atoms with Gasteiger partial charge in [0.25, 0.3) is 0 Å². The quantitative estimate of drug-likeness (QED) is 0.669. The molecule has 1 nitrogen and oxygen atoms in total. The molecule has 3 heteroatoms. The zero-order valence-electron chi connectivity index (χ0n) is 12.6. The molecule has 0 amide bonds. The second kappa shape index (κ2) is 7.50. The van der Waals surface area contributed by atoms with Gasteiger partial charge in [-0.15, -0.1) is 0 Å². The molecule has 1 heterocycles. The molecule has 0 saturated carbocycles. The first-order valence-corrected chi connectivity index (χ1v) is 8.75. The Morgan fingerprint density at radius 3 is 2.23 bits per heavy atom. The summed E-state index contributed by atoms with van der Waals surface area (Å²) in [6.45, 7) is 2.23. The summed E-state index contributed by atoms with van der Waals surface area (Å²) in [7, 11) is 0. The van der Waals surface area contributed by atoms with Crippen LogP contribution in [-0.2, 0) is 0 Å². The van der Waals surface area contributed by atoms with Crippen molar-refractivity contribution in [2.24, 2.45) is 0 Å². The van der Waals surface area contributed by atoms with E-state index in [1.54, 1.807) is 0 Å². The molecule has 0 radical (unpaired) electrons. The van der Waals surface area contributed by atoms with Gasteiger partial charge in [0, 0.05) is 10.0 Å². The molecule has 0 bridgehead atoms. The van der Waals surface area contributed by atoms with Crippen molar-refractivity contribution in [1.29, 1.82) is 0 Å². The van der Waals surface area contributed by atoms with Gasteiger partial charge in [-0.3, -0.25) is 4.90 Å². The highest BCUT2D eigenvalue weighted by molar-refractivity contribution is 6.31. The summed E-state index contributed by atoms with van der Waals surface area (Å²) in [5, 5.41) is 1.61. The molecule has 1 aliphatic rings. The first kappa shape index (κ1) is 15.9. The zero-order chi connectivity index (χ0) is 15.4. The molecule has 22 heavy (non-hydrogen) atoms. The van der Waals surface area contributed by atoms with Crippen LogP contribution in [0, 0.1) is 0 Å². The molecule has 1 aliphatic heterocycles. The van der Waals surface area contributed by atoms with Gasteiger partial charge >= 0.3 is 0 Å². The number of benzene rings is 2. The second-order valence-corrected chi connectivity index (χ2v) is 6.77. The molecule has 2 aromatic carbocycles. The summed E-state index contributed by atoms with van der Waals surface area (Å²) in [6, 6.07) is 16.5. The maximum Gasteiger partial charge on any atom is 0.0617 e. The largest absolute Gasteiger partial charge is 0.292 e. The van der Waals surface area contributed by atoms with Crippen molar-refractivity contribution >= 4 is 23.2 Å². The van der Waals surface area contributed by atoms with Crippen LogP contribution in [0.3, 0.4) is 0 Å². The predicted molar refractivity (Wildman–Crippen MR) is 94.8 cm³/mol.